The van der Waals surface area contributed by atoms with E-state index in [4.69, 9.17) is 10.5 Å². The fraction of sp³-hybridized carbons (Fsp3) is 0.524. The number of aliphatic imine (C=N–C) groups is 1. The first-order valence-electron chi connectivity index (χ1n) is 19.0. The van der Waals surface area contributed by atoms with Gasteiger partial charge in [-0.25, -0.2) is 4.67 Å². The molecule has 0 spiro atoms. The summed E-state index contributed by atoms with van der Waals surface area (Å²) in [5, 5.41) is 4.53. The summed E-state index contributed by atoms with van der Waals surface area (Å²) >= 11 is 0. The molecule has 0 fully saturated rings. The number of anilines is 1. The van der Waals surface area contributed by atoms with E-state index in [1.165, 1.54) is 33.9 Å². The monoisotopic (exact) mass is 738 g/mol. The maximum Gasteiger partial charge on any atom is 0.322 e. The Bertz CT molecular complexity index is 1580. The first-order valence-corrected chi connectivity index (χ1v) is 19.7. The van der Waals surface area contributed by atoms with Crippen LogP contribution >= 0.6 is 8.53 Å². The minimum atomic E-state index is -1.26. The van der Waals surface area contributed by atoms with Crippen LogP contribution in [-0.4, -0.2) is 72.8 Å². The number of hydrogen-bond donors (Lipinski definition) is 1. The van der Waals surface area contributed by atoms with Gasteiger partial charge in [0.05, 0.1) is 12.0 Å². The van der Waals surface area contributed by atoms with Gasteiger partial charge in [-0.2, -0.15) is 4.58 Å². The molecule has 1 atom stereocenters. The van der Waals surface area contributed by atoms with Crippen molar-refractivity contribution in [2.45, 2.75) is 111 Å². The Morgan fingerprint density at radius 1 is 0.922 bits per heavy atom. The third kappa shape index (κ3) is 10.2. The molecule has 1 unspecified atom stereocenters. The minimum Gasteiger partial charge on any atom is -1.00 e. The average molecular weight is 739 g/mol. The summed E-state index contributed by atoms with van der Waals surface area (Å²) in [6.07, 6.45) is 16.5. The number of hydrogen-bond acceptors (Lipinski definition) is 6. The van der Waals surface area contributed by atoms with Gasteiger partial charge < -0.3 is 31.5 Å². The number of aliphatic hydroxyl groups is 1. The van der Waals surface area contributed by atoms with E-state index in [0.29, 0.717) is 31.8 Å². The number of aliphatic hydroxyl groups excluding tert-OH is 1. The highest BCUT2D eigenvalue weighted by molar-refractivity contribution is 7.45. The summed E-state index contributed by atoms with van der Waals surface area (Å²) in [7, 11) is -1.26. The highest BCUT2D eigenvalue weighted by atomic mass is 35.5. The minimum absolute atomic E-state index is 0. The summed E-state index contributed by atoms with van der Waals surface area (Å²) in [5.74, 6) is 0. The van der Waals surface area contributed by atoms with Gasteiger partial charge in [0, 0.05) is 72.7 Å². The molecular weight excluding hydrogens is 675 g/mol. The fourth-order valence-corrected chi connectivity index (χ4v) is 8.80. The Labute approximate surface area is 317 Å². The number of fused-ring (bicyclic) bond motifs is 2. The summed E-state index contributed by atoms with van der Waals surface area (Å²) in [6, 6.07) is 18.2. The zero-order valence-electron chi connectivity index (χ0n) is 33.4. The number of halogens is 1. The van der Waals surface area contributed by atoms with Crippen LogP contribution in [0.1, 0.15) is 99.1 Å². The second-order valence-electron chi connectivity index (χ2n) is 14.7. The molecule has 0 bridgehead atoms. The number of unbranched alkanes of at least 4 members (excludes halogenated alkanes) is 2. The highest BCUT2D eigenvalue weighted by Gasteiger charge is 2.44. The van der Waals surface area contributed by atoms with E-state index in [-0.39, 0.29) is 23.2 Å². The molecular formula is C42H62ClN4O3P. The van der Waals surface area contributed by atoms with Crippen molar-refractivity contribution in [2.24, 2.45) is 4.99 Å². The summed E-state index contributed by atoms with van der Waals surface area (Å²) in [4.78, 5) is 6.76. The van der Waals surface area contributed by atoms with E-state index >= 15 is 0 Å². The Morgan fingerprint density at radius 3 is 2.33 bits per heavy atom. The third-order valence-electron chi connectivity index (χ3n) is 9.72. The van der Waals surface area contributed by atoms with Crippen LogP contribution in [0.15, 0.2) is 89.6 Å². The maximum atomic E-state index is 6.98. The Kier molecular flexibility index (Phi) is 16.0. The van der Waals surface area contributed by atoms with Crippen molar-refractivity contribution in [1.82, 2.24) is 4.67 Å². The maximum absolute atomic E-state index is 6.98. The predicted molar refractivity (Wildman–Crippen MR) is 213 cm³/mol. The zero-order valence-corrected chi connectivity index (χ0v) is 34.1. The normalized spacial score (nSPS) is 18.2. The molecule has 2 heterocycles. The number of para-hydroxylation sites is 2. The Morgan fingerprint density at radius 2 is 1.63 bits per heavy atom. The van der Waals surface area contributed by atoms with Gasteiger partial charge in [0.15, 0.2) is 18.7 Å². The molecule has 280 valence electrons. The van der Waals surface area contributed by atoms with E-state index in [9.17, 15) is 0 Å². The van der Waals surface area contributed by atoms with Crippen molar-refractivity contribution < 1.29 is 31.1 Å². The van der Waals surface area contributed by atoms with Crippen molar-refractivity contribution in [1.29, 1.82) is 1.43 Å². The van der Waals surface area contributed by atoms with Crippen LogP contribution in [0.5, 0.6) is 0 Å². The molecule has 0 saturated heterocycles. The van der Waals surface area contributed by atoms with Crippen molar-refractivity contribution in [3.63, 3.8) is 0 Å². The predicted octanol–water partition coefficient (Wildman–Crippen LogP) is 6.84. The van der Waals surface area contributed by atoms with Crippen molar-refractivity contribution in [3.8, 4) is 0 Å². The van der Waals surface area contributed by atoms with Gasteiger partial charge in [-0.15, -0.1) is 0 Å². The van der Waals surface area contributed by atoms with Gasteiger partial charge in [0.2, 0.25) is 7.12 Å². The molecule has 4 rings (SSSR count). The molecule has 2 aromatic rings. The lowest BCUT2D eigenvalue weighted by atomic mass is 9.81. The van der Waals surface area contributed by atoms with Crippen LogP contribution in [0.3, 0.4) is 0 Å². The Hall–Kier alpha value is -2.80. The standard InChI is InChI=1S/C42H62N4O3P.ClH/c1-10-43-32-49-50(46(33(2)3)34(4)5)48-31-21-29-45-38-25-18-16-23-36(38)42(8,9)40(45)27-14-11-13-26-39-41(6,7)35-22-15-17-24-37(35)44(39)28-19-12-20-30-47;/h11,13-18,22-27,32-34,47H,10,12,19-21,28-31H2,1-9H3;1H/q+1;/p-1/i47T;. The zero-order chi connectivity index (χ0) is 37.0. The molecule has 1 N–H and O–H groups in total. The van der Waals surface area contributed by atoms with Crippen LogP contribution in [-0.2, 0) is 19.9 Å². The topological polar surface area (TPSA) is 60.5 Å². The van der Waals surface area contributed by atoms with E-state index in [0.717, 1.165) is 38.8 Å². The number of benzene rings is 2. The fourth-order valence-electron chi connectivity index (χ4n) is 7.31. The molecule has 0 aromatic heterocycles. The van der Waals surface area contributed by atoms with Crippen LogP contribution < -0.4 is 17.3 Å². The quantitative estimate of drug-likeness (QED) is 0.0403. The SMILES string of the molecule is [3H]OCCCCCN1C(=CC=CC=CC2=[N+](CCCOP(OC=NCC)N(C(C)C)C(C)C)c3ccccc3C2(C)C)C(C)(C)c2ccccc21.[Cl-]. The molecule has 0 aliphatic carbocycles. The van der Waals surface area contributed by atoms with E-state index < -0.39 is 8.53 Å². The molecule has 0 radical (unpaired) electrons. The number of rotatable bonds is 20. The van der Waals surface area contributed by atoms with Crippen LogP contribution in [0.25, 0.3) is 0 Å². The van der Waals surface area contributed by atoms with Gasteiger partial charge in [-0.1, -0.05) is 68.5 Å². The Balaban J connectivity index is 0.00000729. The van der Waals surface area contributed by atoms with Gasteiger partial charge in [0.25, 0.3) is 0 Å². The molecule has 0 amide bonds. The first-order chi connectivity index (χ1) is 24.5. The van der Waals surface area contributed by atoms with Crippen molar-refractivity contribution in [3.05, 3.63) is 95.7 Å². The van der Waals surface area contributed by atoms with Crippen LogP contribution in [0.2, 0.25) is 0 Å². The van der Waals surface area contributed by atoms with Gasteiger partial charge in [-0.3, -0.25) is 4.99 Å². The van der Waals surface area contributed by atoms with E-state index in [1.807, 2.05) is 6.92 Å². The molecule has 2 aromatic carbocycles. The molecule has 7 nitrogen and oxygen atoms in total. The first kappa shape index (κ1) is 41.0. The van der Waals surface area contributed by atoms with Crippen LogP contribution in [0, 0.1) is 0 Å². The third-order valence-corrected chi connectivity index (χ3v) is 11.7. The van der Waals surface area contributed by atoms with E-state index in [1.54, 1.807) is 6.40 Å². The van der Waals surface area contributed by atoms with Gasteiger partial charge in [0.1, 0.15) is 0 Å². The highest BCUT2D eigenvalue weighted by Crippen LogP contribution is 2.48. The van der Waals surface area contributed by atoms with Crippen molar-refractivity contribution >= 4 is 32.0 Å². The number of allylic oxidation sites excluding steroid dienone is 6. The van der Waals surface area contributed by atoms with Crippen LogP contribution in [0.4, 0.5) is 11.4 Å². The largest absolute Gasteiger partial charge is 1.00 e. The summed E-state index contributed by atoms with van der Waals surface area (Å²) in [6.45, 7) is 23.6. The van der Waals surface area contributed by atoms with Gasteiger partial charge in [-0.05, 0) is 85.4 Å². The molecule has 51 heavy (non-hydrogen) atoms. The summed E-state index contributed by atoms with van der Waals surface area (Å²) in [5.41, 5.74) is 7.65. The number of nitrogens with zero attached hydrogens (tertiary/aromatic N) is 4. The second kappa shape index (κ2) is 19.9. The molecule has 2 aliphatic heterocycles. The molecule has 2 aliphatic rings. The molecule has 0 saturated carbocycles. The van der Waals surface area contributed by atoms with E-state index in [2.05, 4.69) is 159 Å². The lowest BCUT2D eigenvalue weighted by molar-refractivity contribution is -0.438. The second-order valence-corrected chi connectivity index (χ2v) is 16.1. The van der Waals surface area contributed by atoms with Gasteiger partial charge >= 0.3 is 8.53 Å². The average Bonchev–Trinajstić information content (AvgIpc) is 3.44. The van der Waals surface area contributed by atoms with Crippen molar-refractivity contribution in [2.75, 3.05) is 37.7 Å². The lowest BCUT2D eigenvalue weighted by Gasteiger charge is -2.34. The molecule has 9 heteroatoms. The lowest BCUT2D eigenvalue weighted by Crippen LogP contribution is -3.00. The smallest absolute Gasteiger partial charge is 0.322 e. The summed E-state index contributed by atoms with van der Waals surface area (Å²) < 4.78 is 24.3.